The fourth-order valence-electron chi connectivity index (χ4n) is 4.73. The molecule has 3 aromatic heterocycles. The predicted molar refractivity (Wildman–Crippen MR) is 144 cm³/mol. The number of benzene rings is 3. The van der Waals surface area contributed by atoms with Crippen molar-refractivity contribution in [1.82, 2.24) is 29.9 Å². The molecule has 3 aromatic carbocycles. The van der Waals surface area contributed by atoms with Crippen molar-refractivity contribution in [1.29, 1.82) is 0 Å². The molecule has 3 heterocycles. The summed E-state index contributed by atoms with van der Waals surface area (Å²) in [7, 11) is 0. The van der Waals surface area contributed by atoms with Crippen LogP contribution in [0.5, 0.6) is 0 Å². The van der Waals surface area contributed by atoms with Crippen LogP contribution in [-0.4, -0.2) is 63.1 Å². The minimum absolute atomic E-state index is 0.0251. The van der Waals surface area contributed by atoms with Crippen molar-refractivity contribution in [3.63, 3.8) is 0 Å². The van der Waals surface area contributed by atoms with Crippen LogP contribution in [0.4, 0.5) is 0 Å². The van der Waals surface area contributed by atoms with E-state index in [0.29, 0.717) is 55.5 Å². The van der Waals surface area contributed by atoms with Gasteiger partial charge in [0, 0.05) is 5.57 Å². The number of hydrogen-bond donors (Lipinski definition) is 3. The first kappa shape index (κ1) is 23.2. The lowest BCUT2D eigenvalue weighted by molar-refractivity contribution is -0.132. The van der Waals surface area contributed by atoms with Gasteiger partial charge < -0.3 is 15.3 Å². The molecule has 0 spiro atoms. The van der Waals surface area contributed by atoms with Crippen molar-refractivity contribution in [2.45, 2.75) is 6.42 Å². The third kappa shape index (κ3) is 3.50. The molecule has 1 aliphatic carbocycles. The van der Waals surface area contributed by atoms with Gasteiger partial charge in [-0.05, 0) is 55.0 Å². The van der Waals surface area contributed by atoms with Crippen LogP contribution < -0.4 is 0 Å². The normalized spacial score (nSPS) is 13.1. The number of aromatic nitrogens is 6. The second-order valence-corrected chi connectivity index (χ2v) is 9.13. The van der Waals surface area contributed by atoms with Crippen LogP contribution in [0, 0.1) is 0 Å². The maximum absolute atomic E-state index is 11.7. The molecule has 12 nitrogen and oxygen atoms in total. The van der Waals surface area contributed by atoms with E-state index in [1.165, 1.54) is 36.4 Å². The van der Waals surface area contributed by atoms with Crippen LogP contribution in [0.3, 0.4) is 0 Å². The van der Waals surface area contributed by atoms with E-state index in [-0.39, 0.29) is 34.2 Å². The molecule has 0 unspecified atom stereocenters. The molecule has 3 N–H and O–H groups in total. The zero-order chi connectivity index (χ0) is 27.7. The van der Waals surface area contributed by atoms with Crippen molar-refractivity contribution in [2.24, 2.45) is 0 Å². The molecule has 0 radical (unpaired) electrons. The molecule has 0 aliphatic heterocycles. The van der Waals surface area contributed by atoms with Crippen molar-refractivity contribution in [2.75, 3.05) is 0 Å². The number of carboxylic acids is 3. The van der Waals surface area contributed by atoms with Crippen LogP contribution in [0.2, 0.25) is 0 Å². The van der Waals surface area contributed by atoms with Crippen LogP contribution >= 0.6 is 0 Å². The van der Waals surface area contributed by atoms with Gasteiger partial charge in [-0.15, -0.1) is 0 Å². The maximum atomic E-state index is 11.7. The summed E-state index contributed by atoms with van der Waals surface area (Å²) in [6, 6.07) is 8.72. The summed E-state index contributed by atoms with van der Waals surface area (Å²) in [5.74, 6) is -3.31. The largest absolute Gasteiger partial charge is 0.478 e. The quantitative estimate of drug-likeness (QED) is 0.220. The van der Waals surface area contributed by atoms with E-state index in [0.717, 1.165) is 0 Å². The molecule has 40 heavy (non-hydrogen) atoms. The molecule has 1 aliphatic rings. The number of allylic oxidation sites excluding steroid dienone is 1. The molecule has 0 fully saturated rings. The summed E-state index contributed by atoms with van der Waals surface area (Å²) in [6.45, 7) is 0. The van der Waals surface area contributed by atoms with Gasteiger partial charge in [0.25, 0.3) is 0 Å². The number of rotatable bonds is 3. The number of nitrogens with zero attached hydrogens (tertiary/aromatic N) is 6. The van der Waals surface area contributed by atoms with Gasteiger partial charge in [-0.2, -0.15) is 0 Å². The highest BCUT2D eigenvalue weighted by atomic mass is 16.4. The molecule has 7 rings (SSSR count). The Morgan fingerprint density at radius 3 is 1.48 bits per heavy atom. The van der Waals surface area contributed by atoms with Crippen LogP contribution in [0.15, 0.2) is 48.0 Å². The summed E-state index contributed by atoms with van der Waals surface area (Å²) < 4.78 is 0. The number of carbonyl (C=O) groups is 3. The van der Waals surface area contributed by atoms with Gasteiger partial charge in [0.15, 0.2) is 0 Å². The second-order valence-electron chi connectivity index (χ2n) is 9.13. The summed E-state index contributed by atoms with van der Waals surface area (Å²) in [6.07, 6.45) is 5.04. The van der Waals surface area contributed by atoms with E-state index in [2.05, 4.69) is 0 Å². The zero-order valence-corrected chi connectivity index (χ0v) is 20.2. The van der Waals surface area contributed by atoms with Crippen molar-refractivity contribution < 1.29 is 29.7 Å². The van der Waals surface area contributed by atoms with Gasteiger partial charge in [-0.3, -0.25) is 0 Å². The van der Waals surface area contributed by atoms with Crippen LogP contribution in [0.25, 0.3) is 67.3 Å². The Balaban J connectivity index is 1.67. The van der Waals surface area contributed by atoms with Crippen molar-refractivity contribution in [3.8, 4) is 0 Å². The molecule has 0 atom stereocenters. The SMILES string of the molecule is O=C(O)C1=Cc2nc3c(nc2C=CC1)c1nc2ccc(C(=O)O)cc2nc1c1nc2cc(C(=O)O)ccc2nc31. The summed E-state index contributed by atoms with van der Waals surface area (Å²) in [5.41, 5.74) is 4.23. The maximum Gasteiger partial charge on any atom is 0.335 e. The minimum atomic E-state index is -1.12. The number of hydrogen-bond acceptors (Lipinski definition) is 9. The van der Waals surface area contributed by atoms with Gasteiger partial charge in [0.05, 0.1) is 44.6 Å². The lowest BCUT2D eigenvalue weighted by Crippen LogP contribution is -2.03. The Hall–Kier alpha value is -5.91. The highest BCUT2D eigenvalue weighted by Crippen LogP contribution is 2.34. The molecule has 0 amide bonds. The Kier molecular flexibility index (Phi) is 4.82. The van der Waals surface area contributed by atoms with Crippen LogP contribution in [-0.2, 0) is 4.79 Å². The van der Waals surface area contributed by atoms with Crippen molar-refractivity contribution >= 4 is 85.2 Å². The average molecular weight is 530 g/mol. The average Bonchev–Trinajstić information content (AvgIpc) is 3.16. The Morgan fingerprint density at radius 1 is 0.550 bits per heavy atom. The van der Waals surface area contributed by atoms with Crippen molar-refractivity contribution in [3.05, 3.63) is 70.6 Å². The Morgan fingerprint density at radius 2 is 1.00 bits per heavy atom. The van der Waals surface area contributed by atoms with E-state index < -0.39 is 17.9 Å². The monoisotopic (exact) mass is 530 g/mol. The summed E-state index contributed by atoms with van der Waals surface area (Å²) in [5, 5.41) is 28.5. The first-order valence-corrected chi connectivity index (χ1v) is 11.9. The number of fused-ring (bicyclic) bond motifs is 9. The van der Waals surface area contributed by atoms with Gasteiger partial charge >= 0.3 is 17.9 Å². The number of aliphatic carboxylic acids is 1. The second kappa shape index (κ2) is 8.30. The third-order valence-electron chi connectivity index (χ3n) is 6.65. The third-order valence-corrected chi connectivity index (χ3v) is 6.65. The lowest BCUT2D eigenvalue weighted by Gasteiger charge is -2.11. The van der Waals surface area contributed by atoms with Crippen LogP contribution in [0.1, 0.15) is 38.5 Å². The molecule has 12 heteroatoms. The van der Waals surface area contributed by atoms with E-state index in [4.69, 9.17) is 29.9 Å². The lowest BCUT2D eigenvalue weighted by atomic mass is 10.1. The van der Waals surface area contributed by atoms with Gasteiger partial charge in [0.2, 0.25) is 0 Å². The van der Waals surface area contributed by atoms with E-state index >= 15 is 0 Å². The zero-order valence-electron chi connectivity index (χ0n) is 20.2. The van der Waals surface area contributed by atoms with E-state index in [1.807, 2.05) is 0 Å². The Bertz CT molecular complexity index is 2240. The Labute approximate surface area is 222 Å². The minimum Gasteiger partial charge on any atom is -0.478 e. The summed E-state index contributed by atoms with van der Waals surface area (Å²) in [4.78, 5) is 63.3. The molecular weight excluding hydrogens is 516 g/mol. The molecule has 0 bridgehead atoms. The predicted octanol–water partition coefficient (Wildman–Crippen LogP) is 4.10. The number of aromatic carboxylic acids is 2. The first-order chi connectivity index (χ1) is 19.3. The van der Waals surface area contributed by atoms with E-state index in [1.54, 1.807) is 18.2 Å². The molecular formula is C28H14N6O6. The van der Waals surface area contributed by atoms with Gasteiger partial charge in [0.1, 0.15) is 33.1 Å². The molecule has 0 saturated heterocycles. The standard InChI is InChI=1S/C28H14N6O6/c35-26(36)11-2-1-3-14-17(8-11)32-23-20(29-14)21-24(33-18-9-12(27(37)38)4-6-15(18)30-21)25-22(23)31-16-7-5-13(28(39)40)10-19(16)34-25/h1,3-10H,2H2,(H,35,36)(H,37,38)(H,39,40). The molecule has 0 saturated carbocycles. The summed E-state index contributed by atoms with van der Waals surface area (Å²) >= 11 is 0. The number of carboxylic acid groups (broad SMARTS) is 3. The van der Waals surface area contributed by atoms with Gasteiger partial charge in [-0.25, -0.2) is 44.3 Å². The fourth-order valence-corrected chi connectivity index (χ4v) is 4.73. The smallest absolute Gasteiger partial charge is 0.335 e. The molecule has 6 aromatic rings. The highest BCUT2D eigenvalue weighted by molar-refractivity contribution is 6.20. The highest BCUT2D eigenvalue weighted by Gasteiger charge is 2.21. The van der Waals surface area contributed by atoms with E-state index in [9.17, 15) is 29.7 Å². The topological polar surface area (TPSA) is 189 Å². The van der Waals surface area contributed by atoms with Gasteiger partial charge in [-0.1, -0.05) is 6.08 Å². The fraction of sp³-hybridized carbons (Fsp3) is 0.0357. The molecule has 192 valence electrons. The first-order valence-electron chi connectivity index (χ1n) is 11.9.